The van der Waals surface area contributed by atoms with Gasteiger partial charge in [0.2, 0.25) is 0 Å². The van der Waals surface area contributed by atoms with Gasteiger partial charge in [0, 0.05) is 16.4 Å². The Morgan fingerprint density at radius 2 is 2.06 bits per heavy atom. The number of rotatable bonds is 3. The maximum absolute atomic E-state index is 13.1. The highest BCUT2D eigenvalue weighted by molar-refractivity contribution is 9.10. The number of nitrogen functional groups attached to an aromatic ring is 1. The molecule has 17 heavy (non-hydrogen) atoms. The van der Waals surface area contributed by atoms with Gasteiger partial charge in [-0.05, 0) is 45.8 Å². The predicted molar refractivity (Wildman–Crippen MR) is 67.1 cm³/mol. The average Bonchev–Trinajstić information content (AvgIpc) is 2.25. The highest BCUT2D eigenvalue weighted by Crippen LogP contribution is 2.18. The number of ether oxygens (including phenoxy) is 1. The average molecular weight is 297 g/mol. The summed E-state index contributed by atoms with van der Waals surface area (Å²) < 4.78 is 19.4. The first-order valence-corrected chi connectivity index (χ1v) is 5.71. The van der Waals surface area contributed by atoms with Gasteiger partial charge in [0.05, 0.1) is 6.20 Å². The van der Waals surface area contributed by atoms with E-state index in [-0.39, 0.29) is 12.4 Å². The van der Waals surface area contributed by atoms with E-state index in [2.05, 4.69) is 20.9 Å². The van der Waals surface area contributed by atoms with Gasteiger partial charge in [-0.25, -0.2) is 4.39 Å². The molecule has 88 valence electrons. The van der Waals surface area contributed by atoms with Crippen LogP contribution >= 0.6 is 15.9 Å². The summed E-state index contributed by atoms with van der Waals surface area (Å²) in [6.07, 6.45) is 3.25. The highest BCUT2D eigenvalue weighted by atomic mass is 79.9. The SMILES string of the molecule is Nc1cc(F)cc(COc2cncc(Br)c2)c1. The molecule has 0 saturated carbocycles. The summed E-state index contributed by atoms with van der Waals surface area (Å²) >= 11 is 3.29. The number of benzene rings is 1. The Kier molecular flexibility index (Phi) is 3.58. The zero-order valence-corrected chi connectivity index (χ0v) is 10.4. The first-order valence-electron chi connectivity index (χ1n) is 4.92. The van der Waals surface area contributed by atoms with E-state index in [4.69, 9.17) is 10.5 Å². The summed E-state index contributed by atoms with van der Waals surface area (Å²) in [6.45, 7) is 0.250. The fraction of sp³-hybridized carbons (Fsp3) is 0.0833. The molecule has 0 unspecified atom stereocenters. The van der Waals surface area contributed by atoms with Crippen LogP contribution in [0.25, 0.3) is 0 Å². The smallest absolute Gasteiger partial charge is 0.139 e. The standard InChI is InChI=1S/C12H10BrFN2O/c13-9-3-12(6-16-5-9)17-7-8-1-10(14)4-11(15)2-8/h1-6H,7,15H2. The van der Waals surface area contributed by atoms with E-state index in [9.17, 15) is 4.39 Å². The lowest BCUT2D eigenvalue weighted by Crippen LogP contribution is -1.98. The van der Waals surface area contributed by atoms with Crippen LogP contribution in [-0.4, -0.2) is 4.98 Å². The highest BCUT2D eigenvalue weighted by Gasteiger charge is 2.01. The zero-order chi connectivity index (χ0) is 12.3. The molecule has 0 aliphatic rings. The van der Waals surface area contributed by atoms with Gasteiger partial charge in [-0.1, -0.05) is 0 Å². The van der Waals surface area contributed by atoms with Crippen molar-refractivity contribution < 1.29 is 9.13 Å². The van der Waals surface area contributed by atoms with Crippen molar-refractivity contribution in [1.82, 2.24) is 4.98 Å². The number of halogens is 2. The number of nitrogens with zero attached hydrogens (tertiary/aromatic N) is 1. The molecule has 2 N–H and O–H groups in total. The third kappa shape index (κ3) is 3.42. The molecular weight excluding hydrogens is 287 g/mol. The molecule has 0 radical (unpaired) electrons. The molecule has 1 heterocycles. The Labute approximate surface area is 107 Å². The molecule has 2 rings (SSSR count). The van der Waals surface area contributed by atoms with Gasteiger partial charge in [-0.3, -0.25) is 4.98 Å². The molecule has 5 heteroatoms. The first kappa shape index (κ1) is 11.9. The lowest BCUT2D eigenvalue weighted by atomic mass is 10.2. The molecule has 0 fully saturated rings. The molecule has 1 aromatic heterocycles. The summed E-state index contributed by atoms with van der Waals surface area (Å²) in [6, 6.07) is 6.12. The maximum Gasteiger partial charge on any atom is 0.139 e. The van der Waals surface area contributed by atoms with Crippen molar-refractivity contribution in [2.45, 2.75) is 6.61 Å². The number of nitrogens with two attached hydrogens (primary N) is 1. The molecule has 0 saturated heterocycles. The van der Waals surface area contributed by atoms with Crippen LogP contribution in [0.1, 0.15) is 5.56 Å². The van der Waals surface area contributed by atoms with Crippen molar-refractivity contribution in [1.29, 1.82) is 0 Å². The number of hydrogen-bond acceptors (Lipinski definition) is 3. The molecule has 0 spiro atoms. The second-order valence-electron chi connectivity index (χ2n) is 3.52. The summed E-state index contributed by atoms with van der Waals surface area (Å²) in [5, 5.41) is 0. The van der Waals surface area contributed by atoms with Crippen LogP contribution in [0.2, 0.25) is 0 Å². The van der Waals surface area contributed by atoms with Crippen molar-refractivity contribution in [3.05, 3.63) is 52.5 Å². The Bertz CT molecular complexity index is 513. The van der Waals surface area contributed by atoms with Gasteiger partial charge < -0.3 is 10.5 Å². The normalized spacial score (nSPS) is 10.2. The minimum absolute atomic E-state index is 0.250. The topological polar surface area (TPSA) is 48.1 Å². The van der Waals surface area contributed by atoms with Crippen molar-refractivity contribution in [3.8, 4) is 5.75 Å². The number of hydrogen-bond donors (Lipinski definition) is 1. The minimum atomic E-state index is -0.365. The van der Waals surface area contributed by atoms with E-state index < -0.39 is 0 Å². The van der Waals surface area contributed by atoms with Crippen LogP contribution in [0.4, 0.5) is 10.1 Å². The number of pyridine rings is 1. The van der Waals surface area contributed by atoms with Crippen LogP contribution in [0.5, 0.6) is 5.75 Å². The van der Waals surface area contributed by atoms with Gasteiger partial charge in [0.1, 0.15) is 18.2 Å². The monoisotopic (exact) mass is 296 g/mol. The Balaban J connectivity index is 2.07. The second kappa shape index (κ2) is 5.14. The Morgan fingerprint density at radius 3 is 2.76 bits per heavy atom. The van der Waals surface area contributed by atoms with E-state index in [1.54, 1.807) is 24.5 Å². The molecular formula is C12H10BrFN2O. The quantitative estimate of drug-likeness (QED) is 0.885. The van der Waals surface area contributed by atoms with E-state index in [0.29, 0.717) is 17.0 Å². The van der Waals surface area contributed by atoms with Crippen LogP contribution in [0.3, 0.4) is 0 Å². The van der Waals surface area contributed by atoms with Crippen molar-refractivity contribution in [2.24, 2.45) is 0 Å². The Hall–Kier alpha value is -1.62. The summed E-state index contributed by atoms with van der Waals surface area (Å²) in [5.74, 6) is 0.248. The number of aromatic nitrogens is 1. The van der Waals surface area contributed by atoms with E-state index in [1.807, 2.05) is 0 Å². The third-order valence-electron chi connectivity index (χ3n) is 2.07. The molecule has 1 aromatic carbocycles. The van der Waals surface area contributed by atoms with Crippen molar-refractivity contribution in [3.63, 3.8) is 0 Å². The van der Waals surface area contributed by atoms with Crippen LogP contribution in [0, 0.1) is 5.82 Å². The first-order chi connectivity index (χ1) is 8.13. The molecule has 0 amide bonds. The minimum Gasteiger partial charge on any atom is -0.487 e. The molecule has 0 aliphatic carbocycles. The van der Waals surface area contributed by atoms with E-state index in [1.165, 1.54) is 12.1 Å². The summed E-state index contributed by atoms with van der Waals surface area (Å²) in [7, 11) is 0. The van der Waals surface area contributed by atoms with Crippen molar-refractivity contribution >= 4 is 21.6 Å². The lowest BCUT2D eigenvalue weighted by Gasteiger charge is -2.07. The number of anilines is 1. The molecule has 0 atom stereocenters. The third-order valence-corrected chi connectivity index (χ3v) is 2.50. The van der Waals surface area contributed by atoms with E-state index >= 15 is 0 Å². The largest absolute Gasteiger partial charge is 0.487 e. The van der Waals surface area contributed by atoms with Crippen LogP contribution < -0.4 is 10.5 Å². The van der Waals surface area contributed by atoms with Gasteiger partial charge >= 0.3 is 0 Å². The predicted octanol–water partition coefficient (Wildman–Crippen LogP) is 3.14. The second-order valence-corrected chi connectivity index (χ2v) is 4.44. The molecule has 0 aliphatic heterocycles. The lowest BCUT2D eigenvalue weighted by molar-refractivity contribution is 0.304. The summed E-state index contributed by atoms with van der Waals surface area (Å²) in [5.41, 5.74) is 6.61. The summed E-state index contributed by atoms with van der Waals surface area (Å²) in [4.78, 5) is 3.96. The maximum atomic E-state index is 13.1. The van der Waals surface area contributed by atoms with Gasteiger partial charge in [0.25, 0.3) is 0 Å². The van der Waals surface area contributed by atoms with Crippen molar-refractivity contribution in [2.75, 3.05) is 5.73 Å². The fourth-order valence-corrected chi connectivity index (χ4v) is 1.74. The molecule has 2 aromatic rings. The molecule has 3 nitrogen and oxygen atoms in total. The van der Waals surface area contributed by atoms with Gasteiger partial charge in [0.15, 0.2) is 0 Å². The van der Waals surface area contributed by atoms with Gasteiger partial charge in [-0.2, -0.15) is 0 Å². The Morgan fingerprint density at radius 1 is 1.24 bits per heavy atom. The van der Waals surface area contributed by atoms with Crippen LogP contribution in [-0.2, 0) is 6.61 Å². The zero-order valence-electron chi connectivity index (χ0n) is 8.86. The van der Waals surface area contributed by atoms with Crippen LogP contribution in [0.15, 0.2) is 41.1 Å². The van der Waals surface area contributed by atoms with Gasteiger partial charge in [-0.15, -0.1) is 0 Å². The molecule has 0 bridgehead atoms. The van der Waals surface area contributed by atoms with E-state index in [0.717, 1.165) is 4.47 Å². The fourth-order valence-electron chi connectivity index (χ4n) is 1.40.